The van der Waals surface area contributed by atoms with Gasteiger partial charge in [-0.15, -0.1) is 6.42 Å². The second kappa shape index (κ2) is 7.53. The average molecular weight is 377 g/mol. The molecule has 0 aliphatic heterocycles. The first-order valence-electron chi connectivity index (χ1n) is 8.63. The zero-order valence-corrected chi connectivity index (χ0v) is 15.8. The number of amides is 1. The van der Waals surface area contributed by atoms with Crippen LogP contribution in [0.25, 0.3) is 11.0 Å². The molecule has 0 radical (unpaired) electrons. The van der Waals surface area contributed by atoms with Gasteiger partial charge in [-0.2, -0.15) is 0 Å². The number of ketones is 2. The number of terminal acetylenes is 1. The summed E-state index contributed by atoms with van der Waals surface area (Å²) < 4.78 is 6.72. The van der Waals surface area contributed by atoms with E-state index in [1.165, 1.54) is 0 Å². The summed E-state index contributed by atoms with van der Waals surface area (Å²) in [7, 11) is 1.70. The van der Waals surface area contributed by atoms with Crippen LogP contribution in [0.3, 0.4) is 0 Å². The summed E-state index contributed by atoms with van der Waals surface area (Å²) in [6, 6.07) is 5.41. The second-order valence-corrected chi connectivity index (χ2v) is 6.51. The van der Waals surface area contributed by atoms with Crippen molar-refractivity contribution >= 4 is 28.4 Å². The SMILES string of the molecule is C#CCNC(=O)C(=O)c1c(C)c(C(=O)Cc2ccc3oncc3c2)n(C)c1C. The van der Waals surface area contributed by atoms with Crippen LogP contribution in [0, 0.1) is 26.2 Å². The third-order valence-electron chi connectivity index (χ3n) is 4.76. The average Bonchev–Trinajstić information content (AvgIpc) is 3.21. The maximum atomic E-state index is 13.0. The van der Waals surface area contributed by atoms with E-state index in [1.54, 1.807) is 43.8 Å². The number of carbonyl (C=O) groups is 3. The topological polar surface area (TPSA) is 94.2 Å². The number of hydrogen-bond donors (Lipinski definition) is 1. The number of nitrogens with zero attached hydrogens (tertiary/aromatic N) is 2. The molecule has 3 rings (SSSR count). The van der Waals surface area contributed by atoms with Gasteiger partial charge < -0.3 is 14.4 Å². The third kappa shape index (κ3) is 3.32. The summed E-state index contributed by atoms with van der Waals surface area (Å²) in [5.41, 5.74) is 3.12. The highest BCUT2D eigenvalue weighted by atomic mass is 16.5. The molecule has 0 fully saturated rings. The van der Waals surface area contributed by atoms with Crippen molar-refractivity contribution in [2.45, 2.75) is 20.3 Å². The van der Waals surface area contributed by atoms with Gasteiger partial charge in [-0.25, -0.2) is 0 Å². The highest BCUT2D eigenvalue weighted by Crippen LogP contribution is 2.24. The van der Waals surface area contributed by atoms with Crippen LogP contribution >= 0.6 is 0 Å². The molecule has 1 amide bonds. The third-order valence-corrected chi connectivity index (χ3v) is 4.76. The zero-order valence-electron chi connectivity index (χ0n) is 15.8. The van der Waals surface area contributed by atoms with Crippen molar-refractivity contribution in [3.05, 3.63) is 52.5 Å². The number of carbonyl (C=O) groups excluding carboxylic acids is 3. The minimum Gasteiger partial charge on any atom is -0.356 e. The molecule has 7 heteroatoms. The van der Waals surface area contributed by atoms with E-state index in [1.807, 2.05) is 6.07 Å². The Morgan fingerprint density at radius 1 is 1.29 bits per heavy atom. The molecule has 0 spiro atoms. The number of Topliss-reactive ketones (excluding diaryl/α,β-unsaturated/α-hetero) is 2. The van der Waals surface area contributed by atoms with E-state index in [4.69, 9.17) is 10.9 Å². The summed E-state index contributed by atoms with van der Waals surface area (Å²) in [5.74, 6) is 0.613. The fourth-order valence-corrected chi connectivity index (χ4v) is 3.33. The van der Waals surface area contributed by atoms with E-state index in [-0.39, 0.29) is 24.3 Å². The van der Waals surface area contributed by atoms with Gasteiger partial charge in [0.05, 0.1) is 24.0 Å². The van der Waals surface area contributed by atoms with Crippen LogP contribution in [0.4, 0.5) is 0 Å². The van der Waals surface area contributed by atoms with E-state index in [0.717, 1.165) is 10.9 Å². The molecule has 0 saturated heterocycles. The van der Waals surface area contributed by atoms with Crippen LogP contribution in [0.5, 0.6) is 0 Å². The number of benzene rings is 1. The molecule has 0 unspecified atom stereocenters. The fourth-order valence-electron chi connectivity index (χ4n) is 3.33. The maximum Gasteiger partial charge on any atom is 0.293 e. The minimum absolute atomic E-state index is 0.0351. The van der Waals surface area contributed by atoms with E-state index in [9.17, 15) is 14.4 Å². The Morgan fingerprint density at radius 3 is 2.75 bits per heavy atom. The first kappa shape index (κ1) is 19.1. The van der Waals surface area contributed by atoms with Gasteiger partial charge in [-0.1, -0.05) is 17.1 Å². The molecule has 7 nitrogen and oxygen atoms in total. The molecular formula is C21H19N3O4. The number of rotatable bonds is 6. The molecule has 0 bridgehead atoms. The zero-order chi connectivity index (χ0) is 20.4. The Labute approximate surface area is 161 Å². The van der Waals surface area contributed by atoms with E-state index in [0.29, 0.717) is 22.5 Å². The molecular weight excluding hydrogens is 358 g/mol. The Bertz CT molecular complexity index is 1140. The van der Waals surface area contributed by atoms with Crippen molar-refractivity contribution in [2.24, 2.45) is 7.05 Å². The molecule has 0 aliphatic rings. The molecule has 0 atom stereocenters. The second-order valence-electron chi connectivity index (χ2n) is 6.51. The normalized spacial score (nSPS) is 10.6. The van der Waals surface area contributed by atoms with Gasteiger partial charge >= 0.3 is 0 Å². The number of fused-ring (bicyclic) bond motifs is 1. The van der Waals surface area contributed by atoms with Gasteiger partial charge in [0.15, 0.2) is 11.4 Å². The quantitative estimate of drug-likeness (QED) is 0.403. The van der Waals surface area contributed by atoms with E-state index >= 15 is 0 Å². The van der Waals surface area contributed by atoms with Crippen molar-refractivity contribution in [2.75, 3.05) is 6.54 Å². The van der Waals surface area contributed by atoms with Crippen LogP contribution < -0.4 is 5.32 Å². The molecule has 28 heavy (non-hydrogen) atoms. The number of hydrogen-bond acceptors (Lipinski definition) is 5. The molecule has 142 valence electrons. The standard InChI is InChI=1S/C21H19N3O4/c1-5-8-22-21(27)20(26)18-12(2)19(24(4)13(18)3)16(25)10-14-6-7-17-15(9-14)11-23-28-17/h1,6-7,9,11H,8,10H2,2-4H3,(H,22,27). The van der Waals surface area contributed by atoms with Crippen molar-refractivity contribution in [3.8, 4) is 12.3 Å². The van der Waals surface area contributed by atoms with Gasteiger partial charge in [0.2, 0.25) is 0 Å². The van der Waals surface area contributed by atoms with E-state index < -0.39 is 11.7 Å². The minimum atomic E-state index is -0.786. The molecule has 0 saturated carbocycles. The van der Waals surface area contributed by atoms with Gasteiger partial charge in [0.1, 0.15) is 0 Å². The Morgan fingerprint density at radius 2 is 2.04 bits per heavy atom. The molecule has 3 aromatic rings. The lowest BCUT2D eigenvalue weighted by Gasteiger charge is -2.06. The van der Waals surface area contributed by atoms with Gasteiger partial charge in [0, 0.05) is 24.5 Å². The largest absolute Gasteiger partial charge is 0.356 e. The Balaban J connectivity index is 1.91. The molecule has 1 N–H and O–H groups in total. The summed E-state index contributed by atoms with van der Waals surface area (Å²) in [4.78, 5) is 37.5. The number of aromatic nitrogens is 2. The van der Waals surface area contributed by atoms with Crippen molar-refractivity contribution < 1.29 is 18.9 Å². The maximum absolute atomic E-state index is 13.0. The summed E-state index contributed by atoms with van der Waals surface area (Å²) in [6.07, 6.45) is 6.85. The number of nitrogens with one attached hydrogen (secondary N) is 1. The Kier molecular flexibility index (Phi) is 5.14. The van der Waals surface area contributed by atoms with Crippen LogP contribution in [-0.2, 0) is 18.3 Å². The first-order chi connectivity index (χ1) is 13.3. The summed E-state index contributed by atoms with van der Waals surface area (Å²) in [5, 5.41) is 6.90. The first-order valence-corrected chi connectivity index (χ1v) is 8.63. The Hall–Kier alpha value is -3.66. The van der Waals surface area contributed by atoms with Crippen LogP contribution in [-0.4, -0.2) is 33.7 Å². The van der Waals surface area contributed by atoms with Crippen molar-refractivity contribution in [1.82, 2.24) is 15.0 Å². The molecule has 1 aromatic carbocycles. The van der Waals surface area contributed by atoms with Gasteiger partial charge in [-0.05, 0) is 37.1 Å². The van der Waals surface area contributed by atoms with Crippen LogP contribution in [0.1, 0.15) is 37.7 Å². The van der Waals surface area contributed by atoms with Crippen LogP contribution in [0.15, 0.2) is 28.9 Å². The monoisotopic (exact) mass is 377 g/mol. The lowest BCUT2D eigenvalue weighted by molar-refractivity contribution is -0.116. The summed E-state index contributed by atoms with van der Waals surface area (Å²) >= 11 is 0. The highest BCUT2D eigenvalue weighted by molar-refractivity contribution is 6.43. The molecule has 2 heterocycles. The fraction of sp³-hybridized carbons (Fsp3) is 0.238. The lowest BCUT2D eigenvalue weighted by Crippen LogP contribution is -2.31. The van der Waals surface area contributed by atoms with Crippen molar-refractivity contribution in [3.63, 3.8) is 0 Å². The highest BCUT2D eigenvalue weighted by Gasteiger charge is 2.28. The predicted octanol–water partition coefficient (Wildman–Crippen LogP) is 2.14. The van der Waals surface area contributed by atoms with Gasteiger partial charge in [0.25, 0.3) is 11.7 Å². The van der Waals surface area contributed by atoms with Crippen LogP contribution in [0.2, 0.25) is 0 Å². The predicted molar refractivity (Wildman–Crippen MR) is 103 cm³/mol. The molecule has 2 aromatic heterocycles. The van der Waals surface area contributed by atoms with Crippen molar-refractivity contribution in [1.29, 1.82) is 0 Å². The van der Waals surface area contributed by atoms with Gasteiger partial charge in [-0.3, -0.25) is 14.4 Å². The lowest BCUT2D eigenvalue weighted by atomic mass is 10.0. The summed E-state index contributed by atoms with van der Waals surface area (Å²) in [6.45, 7) is 3.34. The smallest absolute Gasteiger partial charge is 0.293 e. The molecule has 0 aliphatic carbocycles. The van der Waals surface area contributed by atoms with E-state index in [2.05, 4.69) is 16.4 Å².